The second kappa shape index (κ2) is 10.2. The molecule has 0 atom stereocenters. The number of nitrogens with one attached hydrogen (secondary N) is 2. The molecule has 27 heavy (non-hydrogen) atoms. The summed E-state index contributed by atoms with van der Waals surface area (Å²) in [7, 11) is 1.58. The van der Waals surface area contributed by atoms with Crippen LogP contribution in [0, 0.1) is 0 Å². The number of rotatable bonds is 8. The van der Waals surface area contributed by atoms with Crippen LogP contribution in [-0.4, -0.2) is 43.5 Å². The predicted octanol–water partition coefficient (Wildman–Crippen LogP) is 3.90. The lowest BCUT2D eigenvalue weighted by molar-refractivity contribution is -0.119. The van der Waals surface area contributed by atoms with Crippen LogP contribution in [0.15, 0.2) is 42.5 Å². The number of nitrogens with zero attached hydrogens (tertiary/aromatic N) is 1. The highest BCUT2D eigenvalue weighted by molar-refractivity contribution is 6.42. The summed E-state index contributed by atoms with van der Waals surface area (Å²) in [5.41, 5.74) is 1.21. The van der Waals surface area contributed by atoms with Crippen molar-refractivity contribution in [2.24, 2.45) is 0 Å². The number of methoxy groups -OCH3 is 1. The molecule has 2 N–H and O–H groups in total. The summed E-state index contributed by atoms with van der Waals surface area (Å²) in [5.74, 6) is 0.263. The van der Waals surface area contributed by atoms with Gasteiger partial charge in [-0.1, -0.05) is 30.1 Å². The van der Waals surface area contributed by atoms with Crippen molar-refractivity contribution in [3.63, 3.8) is 0 Å². The zero-order valence-electron chi connectivity index (χ0n) is 15.1. The number of hydrogen-bond acceptors (Lipinski definition) is 4. The first kappa shape index (κ1) is 21.0. The number of carbonyl (C=O) groups is 2. The fourth-order valence-corrected chi connectivity index (χ4v) is 2.63. The molecule has 0 aliphatic heterocycles. The lowest BCUT2D eigenvalue weighted by Gasteiger charge is -2.19. The van der Waals surface area contributed by atoms with Gasteiger partial charge in [-0.3, -0.25) is 14.5 Å². The zero-order valence-corrected chi connectivity index (χ0v) is 16.6. The van der Waals surface area contributed by atoms with Crippen molar-refractivity contribution in [1.82, 2.24) is 4.90 Å². The van der Waals surface area contributed by atoms with Crippen molar-refractivity contribution >= 4 is 46.4 Å². The standard InChI is InChI=1S/C19H21Cl2N3O3/c1-3-24(11-18(25)22-13-4-7-15(27-2)8-5-13)12-19(26)23-14-6-9-16(20)17(21)10-14/h4-10H,3,11-12H2,1-2H3,(H,22,25)(H,23,26). The third kappa shape index (κ3) is 6.75. The van der Waals surface area contributed by atoms with Gasteiger partial charge >= 0.3 is 0 Å². The number of likely N-dealkylation sites (N-methyl/N-ethyl adjacent to an activating group) is 1. The highest BCUT2D eigenvalue weighted by Gasteiger charge is 2.14. The number of hydrogen-bond donors (Lipinski definition) is 2. The van der Waals surface area contributed by atoms with Crippen molar-refractivity contribution in [2.45, 2.75) is 6.92 Å². The number of anilines is 2. The van der Waals surface area contributed by atoms with Gasteiger partial charge in [-0.2, -0.15) is 0 Å². The second-order valence-corrected chi connectivity index (χ2v) is 6.57. The molecule has 6 nitrogen and oxygen atoms in total. The van der Waals surface area contributed by atoms with E-state index in [0.29, 0.717) is 33.7 Å². The van der Waals surface area contributed by atoms with Crippen molar-refractivity contribution in [3.05, 3.63) is 52.5 Å². The van der Waals surface area contributed by atoms with Crippen molar-refractivity contribution in [3.8, 4) is 5.75 Å². The Morgan fingerprint density at radius 1 is 0.926 bits per heavy atom. The van der Waals surface area contributed by atoms with Crippen LogP contribution < -0.4 is 15.4 Å². The van der Waals surface area contributed by atoms with Gasteiger partial charge in [0.15, 0.2) is 0 Å². The molecule has 2 rings (SSSR count). The molecule has 2 amide bonds. The summed E-state index contributed by atoms with van der Waals surface area (Å²) in [6, 6.07) is 11.9. The minimum Gasteiger partial charge on any atom is -0.497 e. The molecule has 2 aromatic carbocycles. The number of ether oxygens (including phenoxy) is 1. The summed E-state index contributed by atoms with van der Waals surface area (Å²) < 4.78 is 5.08. The molecular formula is C19H21Cl2N3O3. The Bertz CT molecular complexity index is 797. The molecule has 0 saturated heterocycles. The van der Waals surface area contributed by atoms with Gasteiger partial charge < -0.3 is 15.4 Å². The molecule has 0 aromatic heterocycles. The quantitative estimate of drug-likeness (QED) is 0.693. The molecular weight excluding hydrogens is 389 g/mol. The molecule has 0 aliphatic carbocycles. The fourth-order valence-electron chi connectivity index (χ4n) is 2.33. The molecule has 0 unspecified atom stereocenters. The van der Waals surface area contributed by atoms with Crippen LogP contribution in [0.4, 0.5) is 11.4 Å². The molecule has 8 heteroatoms. The number of amides is 2. The van der Waals surface area contributed by atoms with E-state index in [1.54, 1.807) is 54.5 Å². The van der Waals surface area contributed by atoms with E-state index in [-0.39, 0.29) is 24.9 Å². The predicted molar refractivity (Wildman–Crippen MR) is 109 cm³/mol. The first-order valence-corrected chi connectivity index (χ1v) is 9.08. The monoisotopic (exact) mass is 409 g/mol. The minimum atomic E-state index is -0.243. The third-order valence-corrected chi connectivity index (χ3v) is 4.50. The molecule has 0 heterocycles. The van der Waals surface area contributed by atoms with Gasteiger partial charge in [0.1, 0.15) is 5.75 Å². The molecule has 0 fully saturated rings. The lowest BCUT2D eigenvalue weighted by Crippen LogP contribution is -2.38. The van der Waals surface area contributed by atoms with Crippen molar-refractivity contribution in [2.75, 3.05) is 37.4 Å². The summed E-state index contributed by atoms with van der Waals surface area (Å²) in [6.07, 6.45) is 0. The Hall–Kier alpha value is -2.28. The molecule has 0 radical (unpaired) electrons. The Labute approximate surface area is 168 Å². The normalized spacial score (nSPS) is 10.6. The van der Waals surface area contributed by atoms with E-state index < -0.39 is 0 Å². The summed E-state index contributed by atoms with van der Waals surface area (Å²) >= 11 is 11.8. The lowest BCUT2D eigenvalue weighted by atomic mass is 10.3. The first-order chi connectivity index (χ1) is 12.9. The average Bonchev–Trinajstić information content (AvgIpc) is 2.64. The number of carbonyl (C=O) groups excluding carboxylic acids is 2. The maximum Gasteiger partial charge on any atom is 0.238 e. The van der Waals surface area contributed by atoms with E-state index in [0.717, 1.165) is 0 Å². The van der Waals surface area contributed by atoms with Crippen molar-refractivity contribution in [1.29, 1.82) is 0 Å². The van der Waals surface area contributed by atoms with E-state index in [2.05, 4.69) is 10.6 Å². The molecule has 2 aromatic rings. The summed E-state index contributed by atoms with van der Waals surface area (Å²) in [5, 5.41) is 6.31. The van der Waals surface area contributed by atoms with E-state index >= 15 is 0 Å². The van der Waals surface area contributed by atoms with Gasteiger partial charge in [-0.05, 0) is 49.0 Å². The van der Waals surface area contributed by atoms with Gasteiger partial charge in [0.2, 0.25) is 11.8 Å². The molecule has 0 saturated carbocycles. The highest BCUT2D eigenvalue weighted by atomic mass is 35.5. The SMILES string of the molecule is CCN(CC(=O)Nc1ccc(OC)cc1)CC(=O)Nc1ccc(Cl)c(Cl)c1. The van der Waals surface area contributed by atoms with Crippen LogP contribution in [0.25, 0.3) is 0 Å². The number of halogens is 2. The van der Waals surface area contributed by atoms with Crippen LogP contribution in [0.5, 0.6) is 5.75 Å². The Kier molecular flexibility index (Phi) is 7.91. The second-order valence-electron chi connectivity index (χ2n) is 5.76. The molecule has 0 bridgehead atoms. The number of benzene rings is 2. The van der Waals surface area contributed by atoms with Gasteiger partial charge in [-0.25, -0.2) is 0 Å². The third-order valence-electron chi connectivity index (χ3n) is 3.76. The molecule has 0 spiro atoms. The fraction of sp³-hybridized carbons (Fsp3) is 0.263. The topological polar surface area (TPSA) is 70.7 Å². The maximum atomic E-state index is 12.2. The molecule has 144 valence electrons. The van der Waals surface area contributed by atoms with Gasteiger partial charge in [-0.15, -0.1) is 0 Å². The van der Waals surface area contributed by atoms with E-state index in [9.17, 15) is 9.59 Å². The van der Waals surface area contributed by atoms with Crippen LogP contribution in [0.1, 0.15) is 6.92 Å². The van der Waals surface area contributed by atoms with Crippen molar-refractivity contribution < 1.29 is 14.3 Å². The smallest absolute Gasteiger partial charge is 0.238 e. The van der Waals surface area contributed by atoms with Crippen LogP contribution in [0.3, 0.4) is 0 Å². The van der Waals surface area contributed by atoms with Crippen LogP contribution in [-0.2, 0) is 9.59 Å². The Morgan fingerprint density at radius 2 is 1.48 bits per heavy atom. The highest BCUT2D eigenvalue weighted by Crippen LogP contribution is 2.25. The first-order valence-electron chi connectivity index (χ1n) is 8.32. The van der Waals surface area contributed by atoms with Crippen LogP contribution >= 0.6 is 23.2 Å². The van der Waals surface area contributed by atoms with Gasteiger partial charge in [0, 0.05) is 11.4 Å². The average molecular weight is 410 g/mol. The largest absolute Gasteiger partial charge is 0.497 e. The summed E-state index contributed by atoms with van der Waals surface area (Å²) in [6.45, 7) is 2.60. The minimum absolute atomic E-state index is 0.0762. The summed E-state index contributed by atoms with van der Waals surface area (Å²) in [4.78, 5) is 26.2. The Balaban J connectivity index is 1.86. The maximum absolute atomic E-state index is 12.2. The Morgan fingerprint density at radius 3 is 2.00 bits per heavy atom. The van der Waals surface area contributed by atoms with Gasteiger partial charge in [0.05, 0.1) is 30.2 Å². The van der Waals surface area contributed by atoms with Gasteiger partial charge in [0.25, 0.3) is 0 Å². The van der Waals surface area contributed by atoms with E-state index in [1.165, 1.54) is 0 Å². The zero-order chi connectivity index (χ0) is 19.8. The molecule has 0 aliphatic rings. The van der Waals surface area contributed by atoms with E-state index in [4.69, 9.17) is 27.9 Å². The van der Waals surface area contributed by atoms with E-state index in [1.807, 2.05) is 6.92 Å². The van der Waals surface area contributed by atoms with Crippen LogP contribution in [0.2, 0.25) is 10.0 Å².